The highest BCUT2D eigenvalue weighted by molar-refractivity contribution is 7.91. The van der Waals surface area contributed by atoms with Gasteiger partial charge < -0.3 is 5.32 Å². The fourth-order valence-corrected chi connectivity index (χ4v) is 3.41. The lowest BCUT2D eigenvalue weighted by atomic mass is 9.87. The van der Waals surface area contributed by atoms with Gasteiger partial charge in [-0.1, -0.05) is 39.0 Å². The first-order valence-corrected chi connectivity index (χ1v) is 9.38. The smallest absolute Gasteiger partial charge is 0.179 e. The van der Waals surface area contributed by atoms with Crippen molar-refractivity contribution in [3.8, 4) is 0 Å². The van der Waals surface area contributed by atoms with E-state index in [0.29, 0.717) is 18.0 Å². The van der Waals surface area contributed by atoms with Gasteiger partial charge >= 0.3 is 0 Å². The van der Waals surface area contributed by atoms with Gasteiger partial charge in [-0.2, -0.15) is 0 Å². The topological polar surface area (TPSA) is 59.1 Å². The largest absolute Gasteiger partial charge is 0.310 e. The number of nitrogens with one attached hydrogen (secondary N) is 1. The van der Waals surface area contributed by atoms with Crippen LogP contribution in [0.2, 0.25) is 0 Å². The standard InChI is InChI=1S/C18H24N2O2S/c1-18(2,3)15-7-9-17(10-8-15)23(21,22)13-12-19-14-16-6-4-5-11-20-16/h4-11,19H,12-14H2,1-3H3. The molecule has 0 aliphatic rings. The van der Waals surface area contributed by atoms with E-state index < -0.39 is 9.84 Å². The first-order chi connectivity index (χ1) is 10.8. The molecule has 0 atom stereocenters. The summed E-state index contributed by atoms with van der Waals surface area (Å²) < 4.78 is 24.7. The fourth-order valence-electron chi connectivity index (χ4n) is 2.21. The first-order valence-electron chi connectivity index (χ1n) is 7.73. The van der Waals surface area contributed by atoms with E-state index in [1.54, 1.807) is 18.3 Å². The normalized spacial score (nSPS) is 12.3. The molecule has 5 heteroatoms. The van der Waals surface area contributed by atoms with Crippen molar-refractivity contribution in [1.82, 2.24) is 10.3 Å². The van der Waals surface area contributed by atoms with Crippen molar-refractivity contribution in [1.29, 1.82) is 0 Å². The molecule has 1 aromatic heterocycles. The lowest BCUT2D eigenvalue weighted by Gasteiger charge is -2.19. The van der Waals surface area contributed by atoms with Gasteiger partial charge in [0, 0.05) is 19.3 Å². The maximum Gasteiger partial charge on any atom is 0.179 e. The lowest BCUT2D eigenvalue weighted by Crippen LogP contribution is -2.23. The Balaban J connectivity index is 1.91. The van der Waals surface area contributed by atoms with Crippen LogP contribution in [0.3, 0.4) is 0 Å². The maximum atomic E-state index is 12.3. The Bertz CT molecular complexity index is 718. The Morgan fingerprint density at radius 1 is 1.04 bits per heavy atom. The number of sulfone groups is 1. The van der Waals surface area contributed by atoms with E-state index in [1.807, 2.05) is 30.3 Å². The SMILES string of the molecule is CC(C)(C)c1ccc(S(=O)(=O)CCNCc2ccccn2)cc1. The molecule has 0 spiro atoms. The van der Waals surface area contributed by atoms with Gasteiger partial charge in [0.15, 0.2) is 9.84 Å². The lowest BCUT2D eigenvalue weighted by molar-refractivity contribution is 0.584. The molecule has 2 aromatic rings. The molecule has 0 unspecified atom stereocenters. The van der Waals surface area contributed by atoms with E-state index in [4.69, 9.17) is 0 Å². The summed E-state index contributed by atoms with van der Waals surface area (Å²) in [5, 5.41) is 3.12. The summed E-state index contributed by atoms with van der Waals surface area (Å²) >= 11 is 0. The minimum atomic E-state index is -3.26. The molecule has 0 aliphatic carbocycles. The number of hydrogen-bond donors (Lipinski definition) is 1. The van der Waals surface area contributed by atoms with Crippen molar-refractivity contribution in [2.75, 3.05) is 12.3 Å². The van der Waals surface area contributed by atoms with Crippen LogP contribution < -0.4 is 5.32 Å². The van der Waals surface area contributed by atoms with Crippen molar-refractivity contribution in [3.63, 3.8) is 0 Å². The third-order valence-corrected chi connectivity index (χ3v) is 5.39. The van der Waals surface area contributed by atoms with Crippen molar-refractivity contribution in [3.05, 3.63) is 59.9 Å². The highest BCUT2D eigenvalue weighted by Crippen LogP contribution is 2.23. The third-order valence-electron chi connectivity index (χ3n) is 3.66. The zero-order valence-corrected chi connectivity index (χ0v) is 14.7. The Hall–Kier alpha value is -1.72. The van der Waals surface area contributed by atoms with Crippen LogP contribution in [0.4, 0.5) is 0 Å². The minimum Gasteiger partial charge on any atom is -0.310 e. The van der Waals surface area contributed by atoms with Crippen LogP contribution in [0.15, 0.2) is 53.6 Å². The van der Waals surface area contributed by atoms with Crippen LogP contribution in [0, 0.1) is 0 Å². The molecule has 23 heavy (non-hydrogen) atoms. The van der Waals surface area contributed by atoms with E-state index in [2.05, 4.69) is 31.1 Å². The van der Waals surface area contributed by atoms with Gasteiger partial charge in [-0.25, -0.2) is 8.42 Å². The predicted octanol–water partition coefficient (Wildman–Crippen LogP) is 2.94. The summed E-state index contributed by atoms with van der Waals surface area (Å²) in [6.45, 7) is 7.30. The molecular weight excluding hydrogens is 308 g/mol. The molecule has 124 valence electrons. The Labute approximate surface area is 138 Å². The molecule has 4 nitrogen and oxygen atoms in total. The number of benzene rings is 1. The molecule has 0 saturated carbocycles. The summed E-state index contributed by atoms with van der Waals surface area (Å²) in [5.41, 5.74) is 2.05. The van der Waals surface area contributed by atoms with Crippen LogP contribution in [-0.4, -0.2) is 25.7 Å². The van der Waals surface area contributed by atoms with Crippen LogP contribution in [0.1, 0.15) is 32.0 Å². The van der Waals surface area contributed by atoms with Crippen molar-refractivity contribution < 1.29 is 8.42 Å². The first kappa shape index (κ1) is 17.6. The zero-order valence-electron chi connectivity index (χ0n) is 13.9. The Morgan fingerprint density at radius 2 is 1.74 bits per heavy atom. The van der Waals surface area contributed by atoms with E-state index >= 15 is 0 Å². The van der Waals surface area contributed by atoms with E-state index in [9.17, 15) is 8.42 Å². The highest BCUT2D eigenvalue weighted by atomic mass is 32.2. The zero-order chi connectivity index (χ0) is 16.9. The minimum absolute atomic E-state index is 0.0204. The Kier molecular flexibility index (Phi) is 5.55. The van der Waals surface area contributed by atoms with Crippen molar-refractivity contribution >= 4 is 9.84 Å². The molecule has 0 saturated heterocycles. The second-order valence-corrected chi connectivity index (χ2v) is 8.70. The fraction of sp³-hybridized carbons (Fsp3) is 0.389. The van der Waals surface area contributed by atoms with E-state index in [0.717, 1.165) is 11.3 Å². The molecule has 0 fully saturated rings. The Morgan fingerprint density at radius 3 is 2.30 bits per heavy atom. The average molecular weight is 332 g/mol. The van der Waals surface area contributed by atoms with E-state index in [1.165, 1.54) is 0 Å². The summed E-state index contributed by atoms with van der Waals surface area (Å²) in [6.07, 6.45) is 1.73. The summed E-state index contributed by atoms with van der Waals surface area (Å²) in [5.74, 6) is 0.0781. The molecular formula is C18H24N2O2S. The molecule has 0 amide bonds. The molecule has 1 heterocycles. The summed E-state index contributed by atoms with van der Waals surface area (Å²) in [6, 6.07) is 12.9. The van der Waals surface area contributed by atoms with Gasteiger partial charge in [0.2, 0.25) is 0 Å². The number of pyridine rings is 1. The maximum absolute atomic E-state index is 12.3. The van der Waals surface area contributed by atoms with Crippen molar-refractivity contribution in [2.24, 2.45) is 0 Å². The quantitative estimate of drug-likeness (QED) is 0.826. The number of rotatable bonds is 6. The molecule has 0 aliphatic heterocycles. The van der Waals surface area contributed by atoms with Crippen LogP contribution in [0.25, 0.3) is 0 Å². The second-order valence-electron chi connectivity index (χ2n) is 6.59. The van der Waals surface area contributed by atoms with Crippen molar-refractivity contribution in [2.45, 2.75) is 37.6 Å². The average Bonchev–Trinajstić information content (AvgIpc) is 2.52. The van der Waals surface area contributed by atoms with Crippen LogP contribution in [-0.2, 0) is 21.8 Å². The van der Waals surface area contributed by atoms with Gasteiger partial charge in [-0.15, -0.1) is 0 Å². The third kappa shape index (κ3) is 5.15. The van der Waals surface area contributed by atoms with Crippen LogP contribution in [0.5, 0.6) is 0 Å². The summed E-state index contributed by atoms with van der Waals surface area (Å²) in [4.78, 5) is 4.57. The second kappa shape index (κ2) is 7.23. The monoisotopic (exact) mass is 332 g/mol. The molecule has 2 rings (SSSR count). The summed E-state index contributed by atoms with van der Waals surface area (Å²) in [7, 11) is -3.26. The number of nitrogens with zero attached hydrogens (tertiary/aromatic N) is 1. The van der Waals surface area contributed by atoms with Gasteiger partial charge in [0.25, 0.3) is 0 Å². The van der Waals surface area contributed by atoms with Gasteiger partial charge in [0.05, 0.1) is 16.3 Å². The number of aromatic nitrogens is 1. The number of hydrogen-bond acceptors (Lipinski definition) is 4. The molecule has 0 bridgehead atoms. The highest BCUT2D eigenvalue weighted by Gasteiger charge is 2.17. The molecule has 1 aromatic carbocycles. The molecule has 1 N–H and O–H groups in total. The van der Waals surface area contributed by atoms with Gasteiger partial charge in [-0.05, 0) is 35.2 Å². The van der Waals surface area contributed by atoms with Gasteiger partial charge in [0.1, 0.15) is 0 Å². The predicted molar refractivity (Wildman–Crippen MR) is 93.1 cm³/mol. The molecule has 0 radical (unpaired) electrons. The van der Waals surface area contributed by atoms with Gasteiger partial charge in [-0.3, -0.25) is 4.98 Å². The van der Waals surface area contributed by atoms with Crippen LogP contribution >= 0.6 is 0 Å². The van der Waals surface area contributed by atoms with E-state index in [-0.39, 0.29) is 11.2 Å².